The van der Waals surface area contributed by atoms with Gasteiger partial charge in [0.2, 0.25) is 0 Å². The van der Waals surface area contributed by atoms with E-state index in [1.54, 1.807) is 6.07 Å². The predicted octanol–water partition coefficient (Wildman–Crippen LogP) is 2.11. The summed E-state index contributed by atoms with van der Waals surface area (Å²) in [5, 5.41) is 3.19. The lowest BCUT2D eigenvalue weighted by Crippen LogP contribution is -2.23. The van der Waals surface area contributed by atoms with Gasteiger partial charge in [-0.25, -0.2) is 12.8 Å². The highest BCUT2D eigenvalue weighted by molar-refractivity contribution is 9.10. The molecule has 0 radical (unpaired) electrons. The van der Waals surface area contributed by atoms with Gasteiger partial charge in [0.25, 0.3) is 0 Å². The largest absolute Gasteiger partial charge is 0.312 e. The Hall–Kier alpha value is -0.460. The summed E-state index contributed by atoms with van der Waals surface area (Å²) < 4.78 is 36.3. The molecule has 0 spiro atoms. The summed E-state index contributed by atoms with van der Waals surface area (Å²) in [7, 11) is -2.81. The van der Waals surface area contributed by atoms with Crippen LogP contribution < -0.4 is 5.32 Å². The number of halogens is 2. The first-order chi connectivity index (χ1) is 8.48. The summed E-state index contributed by atoms with van der Waals surface area (Å²) in [5.41, 5.74) is 0.843. The Morgan fingerprint density at radius 2 is 2.22 bits per heavy atom. The second-order valence-corrected chi connectivity index (χ2v) is 7.63. The molecule has 1 aliphatic rings. The number of hydrogen-bond donors (Lipinski definition) is 1. The van der Waals surface area contributed by atoms with Crippen LogP contribution in [0.1, 0.15) is 12.0 Å². The van der Waals surface area contributed by atoms with E-state index >= 15 is 0 Å². The fraction of sp³-hybridized carbons (Fsp3) is 0.500. The average Bonchev–Trinajstić information content (AvgIpc) is 2.64. The Bertz CT molecular complexity index is 533. The molecule has 1 aromatic rings. The lowest BCUT2D eigenvalue weighted by atomic mass is 10.1. The minimum atomic E-state index is -2.81. The molecule has 1 N–H and O–H groups in total. The van der Waals surface area contributed by atoms with Crippen LogP contribution in [0.15, 0.2) is 22.7 Å². The first kappa shape index (κ1) is 14.0. The molecular formula is C12H15BrFNO2S. The van der Waals surface area contributed by atoms with Crippen LogP contribution in [0.2, 0.25) is 0 Å². The maximum absolute atomic E-state index is 13.3. The summed E-state index contributed by atoms with van der Waals surface area (Å²) >= 11 is 3.20. The summed E-state index contributed by atoms with van der Waals surface area (Å²) in [5.74, 6) is 0.466. The second kappa shape index (κ2) is 5.67. The zero-order valence-electron chi connectivity index (χ0n) is 9.83. The van der Waals surface area contributed by atoms with Crippen molar-refractivity contribution in [1.29, 1.82) is 0 Å². The molecule has 6 heteroatoms. The Labute approximate surface area is 115 Å². The molecule has 0 bridgehead atoms. The van der Waals surface area contributed by atoms with Crippen molar-refractivity contribution in [2.45, 2.75) is 13.0 Å². The maximum Gasteiger partial charge on any atom is 0.150 e. The Morgan fingerprint density at radius 1 is 1.44 bits per heavy atom. The molecule has 2 rings (SSSR count). The van der Waals surface area contributed by atoms with E-state index in [9.17, 15) is 12.8 Å². The average molecular weight is 336 g/mol. The summed E-state index contributed by atoms with van der Waals surface area (Å²) in [4.78, 5) is 0. The van der Waals surface area contributed by atoms with Crippen molar-refractivity contribution in [3.05, 3.63) is 34.1 Å². The molecule has 1 fully saturated rings. The van der Waals surface area contributed by atoms with E-state index in [0.29, 0.717) is 23.3 Å². The second-order valence-electron chi connectivity index (χ2n) is 4.61. The van der Waals surface area contributed by atoms with E-state index < -0.39 is 9.84 Å². The van der Waals surface area contributed by atoms with E-state index in [0.717, 1.165) is 12.0 Å². The van der Waals surface area contributed by atoms with Gasteiger partial charge in [-0.3, -0.25) is 0 Å². The SMILES string of the molecule is O=S1(=O)CCC(CNCc2cccc(F)c2Br)C1. The molecule has 0 aromatic heterocycles. The third-order valence-electron chi connectivity index (χ3n) is 3.11. The Kier molecular flexibility index (Phi) is 4.40. The Balaban J connectivity index is 1.84. The number of hydrogen-bond acceptors (Lipinski definition) is 3. The van der Waals surface area contributed by atoms with Gasteiger partial charge in [0.1, 0.15) is 5.82 Å². The van der Waals surface area contributed by atoms with E-state index in [4.69, 9.17) is 0 Å². The molecule has 0 aliphatic carbocycles. The fourth-order valence-corrected chi connectivity index (χ4v) is 4.40. The predicted molar refractivity (Wildman–Crippen MR) is 72.6 cm³/mol. The van der Waals surface area contributed by atoms with Crippen LogP contribution in [0.25, 0.3) is 0 Å². The molecule has 3 nitrogen and oxygen atoms in total. The molecule has 1 unspecified atom stereocenters. The lowest BCUT2D eigenvalue weighted by molar-refractivity contribution is 0.519. The highest BCUT2D eigenvalue weighted by atomic mass is 79.9. The minimum Gasteiger partial charge on any atom is -0.312 e. The third kappa shape index (κ3) is 3.52. The molecule has 1 aliphatic heterocycles. The van der Waals surface area contributed by atoms with Gasteiger partial charge in [-0.2, -0.15) is 0 Å². The van der Waals surface area contributed by atoms with Crippen molar-refractivity contribution in [1.82, 2.24) is 5.32 Å². The van der Waals surface area contributed by atoms with Gasteiger partial charge < -0.3 is 5.32 Å². The van der Waals surface area contributed by atoms with E-state index in [2.05, 4.69) is 21.2 Å². The summed E-state index contributed by atoms with van der Waals surface area (Å²) in [6.45, 7) is 1.19. The molecule has 0 amide bonds. The molecule has 18 heavy (non-hydrogen) atoms. The Morgan fingerprint density at radius 3 is 2.89 bits per heavy atom. The summed E-state index contributed by atoms with van der Waals surface area (Å²) in [6, 6.07) is 4.90. The van der Waals surface area contributed by atoms with E-state index in [1.807, 2.05) is 6.07 Å². The molecule has 1 atom stereocenters. The van der Waals surface area contributed by atoms with Gasteiger partial charge >= 0.3 is 0 Å². The van der Waals surface area contributed by atoms with E-state index in [-0.39, 0.29) is 17.5 Å². The molecular weight excluding hydrogens is 321 g/mol. The number of benzene rings is 1. The topological polar surface area (TPSA) is 46.2 Å². The van der Waals surface area contributed by atoms with Crippen molar-refractivity contribution in [2.24, 2.45) is 5.92 Å². The van der Waals surface area contributed by atoms with Crippen LogP contribution in [-0.2, 0) is 16.4 Å². The molecule has 1 saturated heterocycles. The fourth-order valence-electron chi connectivity index (χ4n) is 2.13. The smallest absolute Gasteiger partial charge is 0.150 e. The van der Waals surface area contributed by atoms with Crippen molar-refractivity contribution >= 4 is 25.8 Å². The van der Waals surface area contributed by atoms with Crippen LogP contribution in [0.4, 0.5) is 4.39 Å². The van der Waals surface area contributed by atoms with E-state index in [1.165, 1.54) is 6.07 Å². The molecule has 100 valence electrons. The van der Waals surface area contributed by atoms with Crippen LogP contribution in [-0.4, -0.2) is 26.5 Å². The number of nitrogens with one attached hydrogen (secondary N) is 1. The third-order valence-corrected chi connectivity index (χ3v) is 5.83. The highest BCUT2D eigenvalue weighted by Crippen LogP contribution is 2.21. The first-order valence-corrected chi connectivity index (χ1v) is 8.43. The maximum atomic E-state index is 13.3. The standard InChI is InChI=1S/C12H15BrFNO2S/c13-12-10(2-1-3-11(12)14)7-15-6-9-4-5-18(16,17)8-9/h1-3,9,15H,4-8H2. The number of rotatable bonds is 4. The highest BCUT2D eigenvalue weighted by Gasteiger charge is 2.27. The van der Waals surface area contributed by atoms with Gasteiger partial charge in [-0.05, 0) is 46.4 Å². The monoisotopic (exact) mass is 335 g/mol. The van der Waals surface area contributed by atoms with Crippen molar-refractivity contribution in [3.63, 3.8) is 0 Å². The van der Waals surface area contributed by atoms with Crippen molar-refractivity contribution in [2.75, 3.05) is 18.1 Å². The lowest BCUT2D eigenvalue weighted by Gasteiger charge is -2.10. The minimum absolute atomic E-state index is 0.183. The van der Waals surface area contributed by atoms with Gasteiger partial charge in [0.05, 0.1) is 16.0 Å². The zero-order valence-corrected chi connectivity index (χ0v) is 12.2. The van der Waals surface area contributed by atoms with Crippen LogP contribution in [0, 0.1) is 11.7 Å². The van der Waals surface area contributed by atoms with Crippen LogP contribution >= 0.6 is 15.9 Å². The first-order valence-electron chi connectivity index (χ1n) is 5.82. The van der Waals surface area contributed by atoms with Crippen molar-refractivity contribution < 1.29 is 12.8 Å². The zero-order chi connectivity index (χ0) is 13.2. The molecule has 1 heterocycles. The quantitative estimate of drug-likeness (QED) is 0.916. The number of sulfone groups is 1. The normalized spacial score (nSPS) is 22.2. The summed E-state index contributed by atoms with van der Waals surface area (Å²) in [6.07, 6.45) is 0.722. The molecule has 0 saturated carbocycles. The molecule has 1 aromatic carbocycles. The van der Waals surface area contributed by atoms with Crippen LogP contribution in [0.5, 0.6) is 0 Å². The van der Waals surface area contributed by atoms with Gasteiger partial charge in [0, 0.05) is 6.54 Å². The van der Waals surface area contributed by atoms with Gasteiger partial charge in [0.15, 0.2) is 9.84 Å². The van der Waals surface area contributed by atoms with Crippen LogP contribution in [0.3, 0.4) is 0 Å². The van der Waals surface area contributed by atoms with Gasteiger partial charge in [-0.1, -0.05) is 12.1 Å². The van der Waals surface area contributed by atoms with Gasteiger partial charge in [-0.15, -0.1) is 0 Å². The van der Waals surface area contributed by atoms with Crippen molar-refractivity contribution in [3.8, 4) is 0 Å².